The van der Waals surface area contributed by atoms with E-state index in [1.54, 1.807) is 41.8 Å². The number of hydrogen-bond acceptors (Lipinski definition) is 5. The number of amides is 1. The van der Waals surface area contributed by atoms with Crippen LogP contribution in [0.25, 0.3) is 11.7 Å². The Balaban J connectivity index is 1.82. The number of nitrogens with zero attached hydrogens (tertiary/aromatic N) is 2. The van der Waals surface area contributed by atoms with Crippen LogP contribution >= 0.6 is 0 Å². The highest BCUT2D eigenvalue weighted by Crippen LogP contribution is 2.20. The van der Waals surface area contributed by atoms with Gasteiger partial charge in [-0.1, -0.05) is 18.2 Å². The highest BCUT2D eigenvalue weighted by Gasteiger charge is 2.21. The average Bonchev–Trinajstić information content (AvgIpc) is 3.05. The Bertz CT molecular complexity index is 1050. The molecule has 1 N–H and O–H groups in total. The van der Waals surface area contributed by atoms with Crippen molar-refractivity contribution in [3.63, 3.8) is 0 Å². The molecule has 0 unspecified atom stereocenters. The van der Waals surface area contributed by atoms with Gasteiger partial charge in [-0.2, -0.15) is 0 Å². The van der Waals surface area contributed by atoms with Crippen molar-refractivity contribution in [2.45, 2.75) is 26.9 Å². The summed E-state index contributed by atoms with van der Waals surface area (Å²) < 4.78 is 12.4. The van der Waals surface area contributed by atoms with Crippen molar-refractivity contribution in [2.24, 2.45) is 0 Å². The molecule has 0 fully saturated rings. The van der Waals surface area contributed by atoms with Gasteiger partial charge in [-0.15, -0.1) is 0 Å². The number of pyridine rings is 1. The minimum absolute atomic E-state index is 0.0622. The molecule has 3 rings (SSSR count). The highest BCUT2D eigenvalue weighted by atomic mass is 16.5. The molecule has 0 aliphatic carbocycles. The molecule has 1 amide bonds. The molecular weight excluding hydrogens is 370 g/mol. The second-order valence-electron chi connectivity index (χ2n) is 6.52. The van der Waals surface area contributed by atoms with Crippen LogP contribution in [0.3, 0.4) is 0 Å². The number of esters is 1. The Morgan fingerprint density at radius 1 is 1.21 bits per heavy atom. The number of hydrogen-bond donors (Lipinski definition) is 1. The van der Waals surface area contributed by atoms with E-state index in [0.717, 1.165) is 11.3 Å². The van der Waals surface area contributed by atoms with E-state index in [9.17, 15) is 9.59 Å². The van der Waals surface area contributed by atoms with Gasteiger partial charge in [0.15, 0.2) is 11.5 Å². The second kappa shape index (κ2) is 9.05. The van der Waals surface area contributed by atoms with Crippen LogP contribution in [-0.2, 0) is 9.53 Å². The summed E-state index contributed by atoms with van der Waals surface area (Å²) in [6.45, 7) is 5.83. The zero-order chi connectivity index (χ0) is 20.8. The lowest BCUT2D eigenvalue weighted by atomic mass is 10.2. The Kier molecular flexibility index (Phi) is 6.29. The fourth-order valence-corrected chi connectivity index (χ4v) is 2.75. The number of rotatable bonds is 7. The lowest BCUT2D eigenvalue weighted by Gasteiger charge is -2.09. The van der Waals surface area contributed by atoms with Crippen molar-refractivity contribution in [3.8, 4) is 5.75 Å². The quantitative estimate of drug-likeness (QED) is 0.485. The first kappa shape index (κ1) is 20.1. The van der Waals surface area contributed by atoms with Gasteiger partial charge in [0.1, 0.15) is 11.4 Å². The molecule has 2 heterocycles. The molecule has 29 heavy (non-hydrogen) atoms. The number of carbonyl (C=O) groups is 2. The third-order valence-corrected chi connectivity index (χ3v) is 3.90. The average molecular weight is 393 g/mol. The predicted octanol–water partition coefficient (Wildman–Crippen LogP) is 3.95. The first-order valence-corrected chi connectivity index (χ1v) is 9.38. The molecular formula is C22H23N3O4. The zero-order valence-electron chi connectivity index (χ0n) is 16.6. The molecule has 0 saturated heterocycles. The molecule has 0 saturated carbocycles. The van der Waals surface area contributed by atoms with E-state index in [2.05, 4.69) is 10.3 Å². The van der Waals surface area contributed by atoms with Gasteiger partial charge in [-0.05, 0) is 56.7 Å². The third-order valence-electron chi connectivity index (χ3n) is 3.90. The van der Waals surface area contributed by atoms with Gasteiger partial charge in [0, 0.05) is 12.3 Å². The number of anilines is 1. The number of benzene rings is 1. The SMILES string of the molecule is CCOC(=O)c1nc2ccccn2c1NC(=O)/C=C/c1cccc(OC(C)C)c1. The molecule has 0 aliphatic heterocycles. The number of nitrogens with one attached hydrogen (secondary N) is 1. The van der Waals surface area contributed by atoms with Crippen LogP contribution in [-0.4, -0.2) is 34.0 Å². The summed E-state index contributed by atoms with van der Waals surface area (Å²) in [7, 11) is 0. The van der Waals surface area contributed by atoms with Gasteiger partial charge in [-0.25, -0.2) is 9.78 Å². The number of imidazole rings is 1. The predicted molar refractivity (Wildman–Crippen MR) is 111 cm³/mol. The molecule has 0 aliphatic rings. The molecule has 0 spiro atoms. The van der Waals surface area contributed by atoms with Crippen LogP contribution in [0.1, 0.15) is 36.8 Å². The third kappa shape index (κ3) is 5.01. The van der Waals surface area contributed by atoms with E-state index in [0.29, 0.717) is 5.65 Å². The van der Waals surface area contributed by atoms with Crippen LogP contribution < -0.4 is 10.1 Å². The lowest BCUT2D eigenvalue weighted by Crippen LogP contribution is -2.14. The summed E-state index contributed by atoms with van der Waals surface area (Å²) in [6, 6.07) is 12.8. The van der Waals surface area contributed by atoms with E-state index < -0.39 is 11.9 Å². The Hall–Kier alpha value is -3.61. The first-order valence-electron chi connectivity index (χ1n) is 9.38. The smallest absolute Gasteiger partial charge is 0.360 e. The van der Waals surface area contributed by atoms with E-state index >= 15 is 0 Å². The first-order chi connectivity index (χ1) is 14.0. The summed E-state index contributed by atoms with van der Waals surface area (Å²) in [6.07, 6.45) is 4.85. The Labute approximate surface area is 169 Å². The molecule has 150 valence electrons. The van der Waals surface area contributed by atoms with Crippen LogP contribution in [0.15, 0.2) is 54.7 Å². The van der Waals surface area contributed by atoms with Gasteiger partial charge in [0.05, 0.1) is 12.7 Å². The standard InChI is InChI=1S/C22H23N3O4/c1-4-28-22(27)20-21(25-13-6-5-10-18(25)23-20)24-19(26)12-11-16-8-7-9-17(14-16)29-15(2)3/h5-15H,4H2,1-3H3,(H,24,26)/b12-11+. The molecule has 3 aromatic rings. The largest absolute Gasteiger partial charge is 0.491 e. The minimum atomic E-state index is -0.589. The van der Waals surface area contributed by atoms with Crippen molar-refractivity contribution < 1.29 is 19.1 Å². The molecule has 0 radical (unpaired) electrons. The number of fused-ring (bicyclic) bond motifs is 1. The second-order valence-corrected chi connectivity index (χ2v) is 6.52. The van der Waals surface area contributed by atoms with E-state index in [1.165, 1.54) is 6.08 Å². The molecule has 1 aromatic carbocycles. The van der Waals surface area contributed by atoms with Crippen LogP contribution in [0, 0.1) is 0 Å². The summed E-state index contributed by atoms with van der Waals surface area (Å²) >= 11 is 0. The highest BCUT2D eigenvalue weighted by molar-refractivity contribution is 6.05. The molecule has 2 aromatic heterocycles. The zero-order valence-corrected chi connectivity index (χ0v) is 16.6. The van der Waals surface area contributed by atoms with Crippen molar-refractivity contribution >= 4 is 29.4 Å². The maximum Gasteiger partial charge on any atom is 0.360 e. The van der Waals surface area contributed by atoms with Crippen molar-refractivity contribution in [1.29, 1.82) is 0 Å². The topological polar surface area (TPSA) is 81.9 Å². The number of ether oxygens (including phenoxy) is 2. The van der Waals surface area contributed by atoms with Gasteiger partial charge in [-0.3, -0.25) is 9.20 Å². The summed E-state index contributed by atoms with van der Waals surface area (Å²) in [5.41, 5.74) is 1.42. The summed E-state index contributed by atoms with van der Waals surface area (Å²) in [5.74, 6) is 0.0185. The van der Waals surface area contributed by atoms with E-state index in [1.807, 2.05) is 38.1 Å². The molecule has 7 nitrogen and oxygen atoms in total. The molecule has 7 heteroatoms. The normalized spacial score (nSPS) is 11.2. The number of carbonyl (C=O) groups excluding carboxylic acids is 2. The van der Waals surface area contributed by atoms with Gasteiger partial charge in [0.2, 0.25) is 5.91 Å². The lowest BCUT2D eigenvalue weighted by molar-refractivity contribution is -0.111. The maximum absolute atomic E-state index is 12.5. The van der Waals surface area contributed by atoms with Crippen molar-refractivity contribution in [1.82, 2.24) is 9.38 Å². The van der Waals surface area contributed by atoms with E-state index in [-0.39, 0.29) is 24.2 Å². The fraction of sp³-hybridized carbons (Fsp3) is 0.227. The monoisotopic (exact) mass is 393 g/mol. The molecule has 0 bridgehead atoms. The Morgan fingerprint density at radius 3 is 2.79 bits per heavy atom. The fourth-order valence-electron chi connectivity index (χ4n) is 2.75. The Morgan fingerprint density at radius 2 is 2.03 bits per heavy atom. The number of aromatic nitrogens is 2. The van der Waals surface area contributed by atoms with Crippen LogP contribution in [0.2, 0.25) is 0 Å². The van der Waals surface area contributed by atoms with Crippen LogP contribution in [0.4, 0.5) is 5.82 Å². The summed E-state index contributed by atoms with van der Waals surface area (Å²) in [5, 5.41) is 2.73. The van der Waals surface area contributed by atoms with Crippen molar-refractivity contribution in [2.75, 3.05) is 11.9 Å². The van der Waals surface area contributed by atoms with E-state index in [4.69, 9.17) is 9.47 Å². The van der Waals surface area contributed by atoms with Crippen LogP contribution in [0.5, 0.6) is 5.75 Å². The van der Waals surface area contributed by atoms with Crippen molar-refractivity contribution in [3.05, 3.63) is 66.0 Å². The van der Waals surface area contributed by atoms with Gasteiger partial charge in [0.25, 0.3) is 0 Å². The maximum atomic E-state index is 12.5. The summed E-state index contributed by atoms with van der Waals surface area (Å²) in [4.78, 5) is 29.0. The minimum Gasteiger partial charge on any atom is -0.491 e. The molecule has 0 atom stereocenters. The van der Waals surface area contributed by atoms with Gasteiger partial charge >= 0.3 is 5.97 Å². The van der Waals surface area contributed by atoms with Gasteiger partial charge < -0.3 is 14.8 Å².